The largest absolute Gasteiger partial charge is 0.534 e. The first kappa shape index (κ1) is 54.0. The number of aliphatic hydroxyl groups is 2. The van der Waals surface area contributed by atoms with Crippen molar-refractivity contribution in [2.45, 2.75) is 132 Å². The number of hydrogen-bond donors (Lipinski definition) is 3. The number of phenolic OH excluding ortho intramolecular Hbond substituents is 1. The second-order valence-electron chi connectivity index (χ2n) is 19.6. The van der Waals surface area contributed by atoms with Crippen LogP contribution < -0.4 is 4.18 Å². The molecule has 2 aliphatic heterocycles. The Morgan fingerprint density at radius 1 is 0.588 bits per heavy atom. The third kappa shape index (κ3) is 12.0. The molecule has 15 heteroatoms. The summed E-state index contributed by atoms with van der Waals surface area (Å²) in [5.74, 6) is -0.465. The summed E-state index contributed by atoms with van der Waals surface area (Å²) >= 11 is 0. The maximum absolute atomic E-state index is 14.7. The van der Waals surface area contributed by atoms with Gasteiger partial charge in [-0.1, -0.05) is 76.2 Å². The minimum absolute atomic E-state index is 0. The fourth-order valence-corrected chi connectivity index (χ4v) is 10.9. The highest BCUT2D eigenvalue weighted by molar-refractivity contribution is 14.0. The molecule has 0 bridgehead atoms. The molecule has 68 heavy (non-hydrogen) atoms. The topological polar surface area (TPSA) is 111 Å². The molecule has 4 aromatic carbocycles. The zero-order chi connectivity index (χ0) is 48.4. The molecule has 2 saturated heterocycles. The quantitative estimate of drug-likeness (QED) is 0.0440. The number of alkyl halides is 3. The lowest BCUT2D eigenvalue weighted by Crippen LogP contribution is -2.44. The second-order valence-corrected chi connectivity index (χ2v) is 21.2. The molecular weight excluding hydrogens is 1010 g/mol. The highest BCUT2D eigenvalue weighted by Crippen LogP contribution is 2.47. The van der Waals surface area contributed by atoms with E-state index in [2.05, 4.69) is 26.1 Å². The van der Waals surface area contributed by atoms with Gasteiger partial charge in [-0.15, -0.1) is 24.0 Å². The Balaban J connectivity index is 0.000000225. The first-order valence-electron chi connectivity index (χ1n) is 24.1. The number of phenols is 1. The molecule has 8 nitrogen and oxygen atoms in total. The normalized spacial score (nSPS) is 19.1. The van der Waals surface area contributed by atoms with Gasteiger partial charge in [0.25, 0.3) is 0 Å². The lowest BCUT2D eigenvalue weighted by atomic mass is 9.67. The van der Waals surface area contributed by atoms with Crippen molar-refractivity contribution < 1.29 is 49.9 Å². The fourth-order valence-electron chi connectivity index (χ4n) is 10.5. The van der Waals surface area contributed by atoms with Gasteiger partial charge in [-0.3, -0.25) is 0 Å². The Kier molecular flexibility index (Phi) is 17.1. The van der Waals surface area contributed by atoms with E-state index in [9.17, 15) is 45.7 Å². The standard InChI is InChI=1S/C27H33F4NO4S.C26H34FNO2.HI/c1-3-26(33,4-2)21-9-7-20(8-10-21)25(11-13-32(14-12-25)18-19-5-6-19)22-15-23(28)17-24(16-22)36-37(34,35)27(29,30)31;1-3-26(30,4-2)21-9-7-20(8-10-21)25(22-15-23(27)17-24(29)16-22)11-13-28(14-12-25)18-19-5-6-19;/h7-10,15-17,19,33H,3-6,11-14,18H2,1-2H3;7-10,15-17,19,29-30H,3-6,11-14,18H2,1-2H3;1H. The summed E-state index contributed by atoms with van der Waals surface area (Å²) in [5.41, 5.74) is -3.66. The summed E-state index contributed by atoms with van der Waals surface area (Å²) in [7, 11) is -5.95. The van der Waals surface area contributed by atoms with Crippen LogP contribution in [0.2, 0.25) is 0 Å². The summed E-state index contributed by atoms with van der Waals surface area (Å²) < 4.78 is 95.2. The zero-order valence-electron chi connectivity index (χ0n) is 39.6. The van der Waals surface area contributed by atoms with Crippen molar-refractivity contribution in [1.29, 1.82) is 0 Å². The summed E-state index contributed by atoms with van der Waals surface area (Å²) in [6.07, 6.45) is 10.4. The monoisotopic (exact) mass is 1080 g/mol. The van der Waals surface area contributed by atoms with Crippen molar-refractivity contribution in [2.24, 2.45) is 11.8 Å². The molecule has 8 rings (SSSR count). The second kappa shape index (κ2) is 21.6. The molecule has 2 saturated carbocycles. The first-order valence-corrected chi connectivity index (χ1v) is 25.5. The maximum Gasteiger partial charge on any atom is 0.534 e. The number of halogens is 6. The van der Waals surface area contributed by atoms with Gasteiger partial charge in [-0.05, 0) is 173 Å². The Morgan fingerprint density at radius 3 is 1.29 bits per heavy atom. The Morgan fingerprint density at radius 2 is 0.956 bits per heavy atom. The van der Waals surface area contributed by atoms with Crippen LogP contribution in [0, 0.1) is 23.5 Å². The van der Waals surface area contributed by atoms with Crippen molar-refractivity contribution in [3.05, 3.63) is 130 Å². The molecule has 374 valence electrons. The molecule has 4 fully saturated rings. The molecule has 4 aliphatic rings. The lowest BCUT2D eigenvalue weighted by Gasteiger charge is -2.43. The Labute approximate surface area is 416 Å². The number of aromatic hydroxyl groups is 1. The van der Waals surface area contributed by atoms with Crippen molar-refractivity contribution in [1.82, 2.24) is 9.80 Å². The zero-order valence-corrected chi connectivity index (χ0v) is 42.8. The highest BCUT2D eigenvalue weighted by Gasteiger charge is 2.49. The van der Waals surface area contributed by atoms with Crippen LogP contribution in [-0.2, 0) is 32.2 Å². The molecule has 3 N–H and O–H groups in total. The summed E-state index contributed by atoms with van der Waals surface area (Å²) in [6.45, 7) is 13.3. The van der Waals surface area contributed by atoms with E-state index in [1.807, 2.05) is 64.1 Å². The van der Waals surface area contributed by atoms with E-state index < -0.39 is 49.6 Å². The van der Waals surface area contributed by atoms with E-state index in [-0.39, 0.29) is 35.1 Å². The van der Waals surface area contributed by atoms with E-state index in [4.69, 9.17) is 0 Å². The van der Waals surface area contributed by atoms with Gasteiger partial charge < -0.3 is 29.3 Å². The maximum atomic E-state index is 14.7. The fraction of sp³-hybridized carbons (Fsp3) is 0.547. The van der Waals surface area contributed by atoms with Crippen molar-refractivity contribution in [3.63, 3.8) is 0 Å². The van der Waals surface area contributed by atoms with Gasteiger partial charge >= 0.3 is 15.6 Å². The predicted molar refractivity (Wildman–Crippen MR) is 266 cm³/mol. The minimum Gasteiger partial charge on any atom is -0.508 e. The van der Waals surface area contributed by atoms with Gasteiger partial charge in [0, 0.05) is 36.1 Å². The van der Waals surface area contributed by atoms with E-state index in [1.54, 1.807) is 12.1 Å². The van der Waals surface area contributed by atoms with Gasteiger partial charge in [0.15, 0.2) is 0 Å². The van der Waals surface area contributed by atoms with Gasteiger partial charge in [0.05, 0.1) is 11.2 Å². The molecular formula is C53H68F5IN2O6S. The Bertz CT molecular complexity index is 2380. The van der Waals surface area contributed by atoms with Crippen molar-refractivity contribution in [3.8, 4) is 11.5 Å². The lowest BCUT2D eigenvalue weighted by molar-refractivity contribution is -0.0500. The van der Waals surface area contributed by atoms with E-state index in [1.165, 1.54) is 50.4 Å². The third-order valence-corrected chi connectivity index (χ3v) is 16.5. The molecule has 0 atom stereocenters. The predicted octanol–water partition coefficient (Wildman–Crippen LogP) is 11.8. The van der Waals surface area contributed by atoms with Gasteiger partial charge in [-0.25, -0.2) is 8.78 Å². The van der Waals surface area contributed by atoms with E-state index in [0.717, 1.165) is 66.2 Å². The third-order valence-electron chi connectivity index (χ3n) is 15.5. The van der Waals surface area contributed by atoms with Crippen LogP contribution in [0.25, 0.3) is 0 Å². The van der Waals surface area contributed by atoms with Gasteiger partial charge in [0.2, 0.25) is 0 Å². The summed E-state index contributed by atoms with van der Waals surface area (Å²) in [5, 5.41) is 31.9. The summed E-state index contributed by atoms with van der Waals surface area (Å²) in [6, 6.07) is 23.3. The van der Waals surface area contributed by atoms with Crippen molar-refractivity contribution in [2.75, 3.05) is 39.3 Å². The molecule has 4 aromatic rings. The molecule has 2 heterocycles. The molecule has 0 unspecified atom stereocenters. The number of piperidine rings is 2. The van der Waals surface area contributed by atoms with Crippen LogP contribution in [0.4, 0.5) is 22.0 Å². The number of benzene rings is 4. The molecule has 0 aromatic heterocycles. The van der Waals surface area contributed by atoms with Crippen LogP contribution in [0.5, 0.6) is 11.5 Å². The number of rotatable bonds is 16. The molecule has 0 amide bonds. The van der Waals surface area contributed by atoms with E-state index in [0.29, 0.717) is 69.2 Å². The number of nitrogens with zero attached hydrogens (tertiary/aromatic N) is 2. The Hall–Kier alpha value is -3.35. The number of likely N-dealkylation sites (tertiary alicyclic amines) is 2. The van der Waals surface area contributed by atoms with Crippen molar-refractivity contribution >= 4 is 34.1 Å². The highest BCUT2D eigenvalue weighted by atomic mass is 127. The SMILES string of the molecule is CCC(O)(CC)c1ccc(C2(c3cc(F)cc(OS(=O)(=O)C(F)(F)F)c3)CCN(CC3CC3)CC2)cc1.CCC(O)(CC)c1ccc(C2(c3cc(O)cc(F)c3)CCN(CC3CC3)CC2)cc1.I. The van der Waals surface area contributed by atoms with Gasteiger partial charge in [-0.2, -0.15) is 21.6 Å². The molecule has 2 aliphatic carbocycles. The smallest absolute Gasteiger partial charge is 0.508 e. The van der Waals surface area contributed by atoms with E-state index >= 15 is 0 Å². The molecule has 0 radical (unpaired) electrons. The average Bonchev–Trinajstić information content (AvgIpc) is 4.27. The van der Waals surface area contributed by atoms with Crippen LogP contribution in [0.3, 0.4) is 0 Å². The van der Waals surface area contributed by atoms with Crippen LogP contribution in [0.1, 0.15) is 138 Å². The summed E-state index contributed by atoms with van der Waals surface area (Å²) in [4.78, 5) is 4.89. The average molecular weight is 1080 g/mol. The number of hydrogen-bond acceptors (Lipinski definition) is 8. The van der Waals surface area contributed by atoms with Gasteiger partial charge in [0.1, 0.15) is 23.1 Å². The van der Waals surface area contributed by atoms with Crippen LogP contribution in [0.15, 0.2) is 84.9 Å². The first-order chi connectivity index (χ1) is 31.7. The van der Waals surface area contributed by atoms with Crippen LogP contribution >= 0.6 is 24.0 Å². The van der Waals surface area contributed by atoms with Crippen LogP contribution in [-0.4, -0.2) is 78.3 Å². The molecule has 0 spiro atoms. The minimum atomic E-state index is -5.95.